The number of likely N-dealkylation sites (N-methyl/N-ethyl adjacent to an activating group) is 1. The van der Waals surface area contributed by atoms with Gasteiger partial charge >= 0.3 is 6.09 Å². The molecule has 4 aromatic carbocycles. The second-order valence-electron chi connectivity index (χ2n) is 19.2. The smallest absolute Gasteiger partial charge is 0.414 e. The second-order valence-corrected chi connectivity index (χ2v) is 22.4. The van der Waals surface area contributed by atoms with Crippen LogP contribution in [0.3, 0.4) is 0 Å². The van der Waals surface area contributed by atoms with Gasteiger partial charge in [-0.15, -0.1) is 0 Å². The number of ether oxygens (including phenoxy) is 1. The Kier molecular flexibility index (Phi) is 14.6. The summed E-state index contributed by atoms with van der Waals surface area (Å²) in [4.78, 5) is 17.7. The number of hydrogen-bond acceptors (Lipinski definition) is 8. The van der Waals surface area contributed by atoms with Crippen molar-refractivity contribution in [3.63, 3.8) is 0 Å². The van der Waals surface area contributed by atoms with Gasteiger partial charge in [0.1, 0.15) is 5.60 Å². The van der Waals surface area contributed by atoms with Crippen LogP contribution in [0.5, 0.6) is 0 Å². The van der Waals surface area contributed by atoms with Crippen LogP contribution < -0.4 is 10.2 Å². The number of anilines is 2. The molecule has 0 unspecified atom stereocenters. The SMILES string of the molecule is CN(C(=O)OC(C)(C)C)C1=C(/C=C/CC(C)(C)c2c(NCCCCS(=O)(=O)O)ccc3ccccc23)CC/C1=C\C=C1\N(CCCCS(=O)(=O)O)c2ccc3ccccc3c2C1(C)C. The average Bonchev–Trinajstić information content (AvgIpc) is 3.70. The van der Waals surface area contributed by atoms with Crippen LogP contribution in [0.25, 0.3) is 21.5 Å². The molecule has 13 heteroatoms. The fourth-order valence-electron chi connectivity index (χ4n) is 9.28. The van der Waals surface area contributed by atoms with Crippen molar-refractivity contribution in [1.29, 1.82) is 0 Å². The molecular formula is C51H65N3O8S2. The lowest BCUT2D eigenvalue weighted by atomic mass is 9.77. The molecular weight excluding hydrogens is 847 g/mol. The van der Waals surface area contributed by atoms with Gasteiger partial charge in [-0.05, 0) is 133 Å². The summed E-state index contributed by atoms with van der Waals surface area (Å²) < 4.78 is 70.3. The van der Waals surface area contributed by atoms with Crippen LogP contribution in [0.2, 0.25) is 0 Å². The maximum Gasteiger partial charge on any atom is 0.414 e. The van der Waals surface area contributed by atoms with Crippen LogP contribution in [0.15, 0.2) is 120 Å². The van der Waals surface area contributed by atoms with Gasteiger partial charge in [0.2, 0.25) is 0 Å². The Hall–Kier alpha value is -4.95. The summed E-state index contributed by atoms with van der Waals surface area (Å²) >= 11 is 0. The fourth-order valence-corrected chi connectivity index (χ4v) is 10.4. The highest BCUT2D eigenvalue weighted by Crippen LogP contribution is 2.51. The summed E-state index contributed by atoms with van der Waals surface area (Å²) in [5.41, 5.74) is 6.82. The molecule has 0 fully saturated rings. The van der Waals surface area contributed by atoms with E-state index in [1.807, 2.05) is 39.0 Å². The Morgan fingerprint density at radius 1 is 0.812 bits per heavy atom. The first kappa shape index (κ1) is 48.5. The summed E-state index contributed by atoms with van der Waals surface area (Å²) in [6, 6.07) is 25.1. The minimum absolute atomic E-state index is 0.269. The molecule has 0 aromatic heterocycles. The topological polar surface area (TPSA) is 154 Å². The van der Waals surface area contributed by atoms with Crippen LogP contribution in [-0.4, -0.2) is 74.2 Å². The molecule has 4 aromatic rings. The summed E-state index contributed by atoms with van der Waals surface area (Å²) in [6.07, 6.45) is 12.1. The lowest BCUT2D eigenvalue weighted by Gasteiger charge is -2.29. The van der Waals surface area contributed by atoms with Crippen LogP contribution in [-0.2, 0) is 35.8 Å². The average molecular weight is 912 g/mol. The van der Waals surface area contributed by atoms with E-state index >= 15 is 0 Å². The predicted octanol–water partition coefficient (Wildman–Crippen LogP) is 11.5. The van der Waals surface area contributed by atoms with Crippen molar-refractivity contribution in [2.24, 2.45) is 0 Å². The van der Waals surface area contributed by atoms with Gasteiger partial charge in [0.25, 0.3) is 20.2 Å². The highest BCUT2D eigenvalue weighted by molar-refractivity contribution is 7.86. The maximum atomic E-state index is 13.8. The van der Waals surface area contributed by atoms with Gasteiger partial charge in [0.05, 0.1) is 17.2 Å². The number of carbonyl (C=O) groups is 1. The van der Waals surface area contributed by atoms with E-state index in [0.29, 0.717) is 58.0 Å². The van der Waals surface area contributed by atoms with E-state index in [2.05, 4.69) is 117 Å². The Morgan fingerprint density at radius 2 is 1.42 bits per heavy atom. The number of rotatable bonds is 17. The third-order valence-electron chi connectivity index (χ3n) is 12.2. The molecule has 344 valence electrons. The molecule has 11 nitrogen and oxygen atoms in total. The molecule has 1 aliphatic carbocycles. The van der Waals surface area contributed by atoms with E-state index in [-0.39, 0.29) is 16.9 Å². The highest BCUT2D eigenvalue weighted by Gasteiger charge is 2.41. The lowest BCUT2D eigenvalue weighted by Crippen LogP contribution is -2.34. The third-order valence-corrected chi connectivity index (χ3v) is 13.8. The van der Waals surface area contributed by atoms with E-state index in [1.165, 1.54) is 5.56 Å². The Bertz CT molecular complexity index is 2740. The van der Waals surface area contributed by atoms with E-state index in [4.69, 9.17) is 4.74 Å². The van der Waals surface area contributed by atoms with Crippen molar-refractivity contribution in [3.05, 3.63) is 131 Å². The van der Waals surface area contributed by atoms with Crippen molar-refractivity contribution in [1.82, 2.24) is 4.90 Å². The van der Waals surface area contributed by atoms with Gasteiger partial charge in [-0.3, -0.25) is 14.0 Å². The quantitative estimate of drug-likeness (QED) is 0.0689. The first-order chi connectivity index (χ1) is 30.0. The summed E-state index contributed by atoms with van der Waals surface area (Å²) in [7, 11) is -6.32. The number of benzene rings is 4. The molecule has 2 aliphatic rings. The van der Waals surface area contributed by atoms with Crippen molar-refractivity contribution in [3.8, 4) is 0 Å². The minimum Gasteiger partial charge on any atom is -0.443 e. The van der Waals surface area contributed by atoms with Crippen LogP contribution in [0.1, 0.15) is 105 Å². The molecule has 64 heavy (non-hydrogen) atoms. The summed E-state index contributed by atoms with van der Waals surface area (Å²) in [5.74, 6) is -0.562. The van der Waals surface area contributed by atoms with E-state index in [0.717, 1.165) is 61.0 Å². The van der Waals surface area contributed by atoms with Crippen LogP contribution in [0, 0.1) is 0 Å². The molecule has 0 saturated carbocycles. The molecule has 0 bridgehead atoms. The monoisotopic (exact) mass is 911 g/mol. The number of nitrogens with one attached hydrogen (secondary N) is 1. The van der Waals surface area contributed by atoms with Crippen molar-refractivity contribution < 1.29 is 35.5 Å². The molecule has 0 spiro atoms. The number of allylic oxidation sites excluding steroid dienone is 7. The zero-order valence-corrected chi connectivity index (χ0v) is 40.2. The van der Waals surface area contributed by atoms with Crippen molar-refractivity contribution in [2.75, 3.05) is 41.9 Å². The zero-order chi connectivity index (χ0) is 46.7. The molecule has 1 aliphatic heterocycles. The first-order valence-corrected chi connectivity index (χ1v) is 25.4. The van der Waals surface area contributed by atoms with E-state index < -0.39 is 37.3 Å². The number of amides is 1. The van der Waals surface area contributed by atoms with Gasteiger partial charge in [-0.2, -0.15) is 16.8 Å². The number of unbranched alkanes of at least 4 members (excludes halogenated alkanes) is 2. The summed E-state index contributed by atoms with van der Waals surface area (Å²) in [6.45, 7) is 15.6. The van der Waals surface area contributed by atoms with E-state index in [1.54, 1.807) is 11.9 Å². The normalized spacial score (nSPS) is 17.1. The molecule has 3 N–H and O–H groups in total. The van der Waals surface area contributed by atoms with Gasteiger partial charge in [-0.1, -0.05) is 107 Å². The first-order valence-electron chi connectivity index (χ1n) is 22.2. The Morgan fingerprint density at radius 3 is 2.08 bits per heavy atom. The molecule has 1 heterocycles. The Balaban J connectivity index is 1.36. The maximum absolute atomic E-state index is 13.8. The fraction of sp³-hybridized carbons (Fsp3) is 0.431. The van der Waals surface area contributed by atoms with Gasteiger partial charge in [-0.25, -0.2) is 4.79 Å². The second kappa shape index (κ2) is 19.3. The number of hydrogen-bond donors (Lipinski definition) is 3. The number of carbonyl (C=O) groups excluding carboxylic acids is 1. The highest BCUT2D eigenvalue weighted by atomic mass is 32.2. The Labute approximate surface area is 380 Å². The van der Waals surface area contributed by atoms with Gasteiger partial charge < -0.3 is 15.0 Å². The number of fused-ring (bicyclic) bond motifs is 4. The molecule has 0 saturated heterocycles. The minimum atomic E-state index is -4.08. The molecule has 6 rings (SSSR count). The summed E-state index contributed by atoms with van der Waals surface area (Å²) in [5, 5.41) is 8.10. The number of nitrogens with zero attached hydrogens (tertiary/aromatic N) is 2. The predicted molar refractivity (Wildman–Crippen MR) is 261 cm³/mol. The van der Waals surface area contributed by atoms with Gasteiger partial charge in [0.15, 0.2) is 0 Å². The molecule has 0 atom stereocenters. The van der Waals surface area contributed by atoms with Crippen molar-refractivity contribution in [2.45, 2.75) is 110 Å². The van der Waals surface area contributed by atoms with Gasteiger partial charge in [0, 0.05) is 42.6 Å². The third kappa shape index (κ3) is 11.6. The zero-order valence-electron chi connectivity index (χ0n) is 38.6. The van der Waals surface area contributed by atoms with Crippen LogP contribution >= 0.6 is 0 Å². The molecule has 1 amide bonds. The van der Waals surface area contributed by atoms with Crippen molar-refractivity contribution >= 4 is 59.2 Å². The van der Waals surface area contributed by atoms with E-state index in [9.17, 15) is 30.7 Å². The largest absolute Gasteiger partial charge is 0.443 e. The lowest BCUT2D eigenvalue weighted by molar-refractivity contribution is 0.0356. The van der Waals surface area contributed by atoms with Crippen LogP contribution in [0.4, 0.5) is 16.2 Å². The molecule has 0 radical (unpaired) electrons. The standard InChI is InChI=1S/C51H65N3O8S2/c1-49(2,3)62-48(55)53(8)47-38(20-17-31-50(4,5)45-40-21-11-9-18-36(40)25-28-42(45)52-32-13-15-34-63(56,57)58)23-24-39(47)27-30-44-51(6,7)46-41-22-12-10-19-37(41)26-29-43(46)54(44)33-14-16-35-64(59,60)61/h9-12,17-22,25-30,52H,13-16,23-24,31-35H2,1-8H3,(H,56,57,58)(H,59,60,61)/b20-17+,39-27+,44-30+.